The quantitative estimate of drug-likeness (QED) is 0.435. The molecule has 0 unspecified atom stereocenters. The number of hydrogen-bond donors (Lipinski definition) is 1. The van der Waals surface area contributed by atoms with Crippen LogP contribution in [0.5, 0.6) is 0 Å². The predicted molar refractivity (Wildman–Crippen MR) is 123 cm³/mol. The SMILES string of the molecule is CC(C)(C)OC(=O)Cn1c(-c2ccccc2)ncc(NCCCc2ccccc2)c1=O. The number of aromatic nitrogens is 2. The topological polar surface area (TPSA) is 73.2 Å². The second-order valence-electron chi connectivity index (χ2n) is 8.36. The molecule has 0 bridgehead atoms. The smallest absolute Gasteiger partial charge is 0.326 e. The van der Waals surface area contributed by atoms with Gasteiger partial charge in [0.1, 0.15) is 23.7 Å². The average molecular weight is 420 g/mol. The third kappa shape index (κ3) is 6.54. The van der Waals surface area contributed by atoms with Crippen molar-refractivity contribution in [1.29, 1.82) is 0 Å². The monoisotopic (exact) mass is 419 g/mol. The van der Waals surface area contributed by atoms with Crippen molar-refractivity contribution in [2.45, 2.75) is 45.8 Å². The van der Waals surface area contributed by atoms with Gasteiger partial charge >= 0.3 is 5.97 Å². The first-order chi connectivity index (χ1) is 14.8. The first-order valence-corrected chi connectivity index (χ1v) is 10.5. The lowest BCUT2D eigenvalue weighted by Gasteiger charge is -2.21. The number of nitrogens with one attached hydrogen (secondary N) is 1. The van der Waals surface area contributed by atoms with E-state index in [0.29, 0.717) is 18.1 Å². The van der Waals surface area contributed by atoms with Crippen LogP contribution in [0.2, 0.25) is 0 Å². The summed E-state index contributed by atoms with van der Waals surface area (Å²) in [7, 11) is 0. The molecular formula is C25H29N3O3. The number of benzene rings is 2. The summed E-state index contributed by atoms with van der Waals surface area (Å²) in [5.41, 5.74) is 1.47. The number of ether oxygens (including phenoxy) is 1. The summed E-state index contributed by atoms with van der Waals surface area (Å²) in [6.07, 6.45) is 3.32. The van der Waals surface area contributed by atoms with Gasteiger partial charge in [-0.15, -0.1) is 0 Å². The van der Waals surface area contributed by atoms with Crippen LogP contribution in [0, 0.1) is 0 Å². The van der Waals surface area contributed by atoms with Gasteiger partial charge in [0, 0.05) is 12.1 Å². The molecule has 0 saturated heterocycles. The average Bonchev–Trinajstić information content (AvgIpc) is 2.73. The van der Waals surface area contributed by atoms with E-state index in [1.165, 1.54) is 10.1 Å². The molecule has 2 aromatic carbocycles. The number of anilines is 1. The molecule has 31 heavy (non-hydrogen) atoms. The number of rotatable bonds is 8. The molecule has 1 N–H and O–H groups in total. The van der Waals surface area contributed by atoms with Gasteiger partial charge in [-0.2, -0.15) is 0 Å². The molecule has 0 spiro atoms. The molecule has 0 fully saturated rings. The van der Waals surface area contributed by atoms with Crippen LogP contribution in [0.4, 0.5) is 5.69 Å². The van der Waals surface area contributed by atoms with E-state index in [-0.39, 0.29) is 12.1 Å². The van der Waals surface area contributed by atoms with Crippen LogP contribution in [0.1, 0.15) is 32.8 Å². The van der Waals surface area contributed by atoms with Gasteiger partial charge in [-0.1, -0.05) is 60.7 Å². The molecule has 3 aromatic rings. The van der Waals surface area contributed by atoms with Gasteiger partial charge in [-0.05, 0) is 39.2 Å². The molecule has 6 nitrogen and oxygen atoms in total. The number of nitrogens with zero attached hydrogens (tertiary/aromatic N) is 2. The minimum Gasteiger partial charge on any atom is -0.459 e. The Hall–Kier alpha value is -3.41. The maximum atomic E-state index is 13.2. The van der Waals surface area contributed by atoms with Crippen molar-refractivity contribution in [2.24, 2.45) is 0 Å². The maximum absolute atomic E-state index is 13.2. The van der Waals surface area contributed by atoms with Crippen LogP contribution in [0.3, 0.4) is 0 Å². The van der Waals surface area contributed by atoms with Crippen LogP contribution in [-0.2, 0) is 22.5 Å². The highest BCUT2D eigenvalue weighted by Crippen LogP contribution is 2.17. The summed E-state index contributed by atoms with van der Waals surface area (Å²) < 4.78 is 6.81. The van der Waals surface area contributed by atoms with Crippen molar-refractivity contribution in [3.63, 3.8) is 0 Å². The van der Waals surface area contributed by atoms with E-state index in [4.69, 9.17) is 4.74 Å². The van der Waals surface area contributed by atoms with Gasteiger partial charge < -0.3 is 10.1 Å². The first-order valence-electron chi connectivity index (χ1n) is 10.5. The van der Waals surface area contributed by atoms with Gasteiger partial charge in [0.2, 0.25) is 0 Å². The van der Waals surface area contributed by atoms with Crippen molar-refractivity contribution in [3.8, 4) is 11.4 Å². The molecule has 0 amide bonds. The Kier molecular flexibility index (Phi) is 7.23. The van der Waals surface area contributed by atoms with Crippen molar-refractivity contribution in [1.82, 2.24) is 9.55 Å². The van der Waals surface area contributed by atoms with Crippen molar-refractivity contribution >= 4 is 11.7 Å². The number of esters is 1. The van der Waals surface area contributed by atoms with Crippen LogP contribution in [0.15, 0.2) is 71.7 Å². The van der Waals surface area contributed by atoms with E-state index in [1.54, 1.807) is 27.0 Å². The standard InChI is InChI=1S/C25H29N3O3/c1-25(2,3)31-22(29)18-28-23(20-14-8-5-9-15-20)27-17-21(24(28)30)26-16-10-13-19-11-6-4-7-12-19/h4-9,11-12,14-15,17,26H,10,13,16,18H2,1-3H3. The van der Waals surface area contributed by atoms with E-state index in [2.05, 4.69) is 22.4 Å². The molecule has 162 valence electrons. The Morgan fingerprint density at radius 1 is 1.03 bits per heavy atom. The fourth-order valence-electron chi connectivity index (χ4n) is 3.24. The Balaban J connectivity index is 1.79. The molecular weight excluding hydrogens is 390 g/mol. The van der Waals surface area contributed by atoms with Crippen molar-refractivity contribution in [2.75, 3.05) is 11.9 Å². The van der Waals surface area contributed by atoms with Crippen LogP contribution < -0.4 is 10.9 Å². The Morgan fingerprint density at radius 2 is 1.68 bits per heavy atom. The highest BCUT2D eigenvalue weighted by Gasteiger charge is 2.20. The van der Waals surface area contributed by atoms with Crippen molar-refractivity contribution in [3.05, 3.63) is 82.8 Å². The Labute approximate surface area is 182 Å². The van der Waals surface area contributed by atoms with E-state index in [1.807, 2.05) is 48.5 Å². The third-order valence-electron chi connectivity index (χ3n) is 4.59. The van der Waals surface area contributed by atoms with Gasteiger partial charge in [0.25, 0.3) is 5.56 Å². The van der Waals surface area contributed by atoms with E-state index < -0.39 is 11.6 Å². The molecule has 0 aliphatic carbocycles. The lowest BCUT2D eigenvalue weighted by Crippen LogP contribution is -2.33. The highest BCUT2D eigenvalue weighted by atomic mass is 16.6. The summed E-state index contributed by atoms with van der Waals surface area (Å²) in [5.74, 6) is -0.0406. The third-order valence-corrected chi connectivity index (χ3v) is 4.59. The highest BCUT2D eigenvalue weighted by molar-refractivity contribution is 5.71. The molecule has 1 aromatic heterocycles. The zero-order valence-electron chi connectivity index (χ0n) is 18.3. The van der Waals surface area contributed by atoms with Gasteiger partial charge in [-0.3, -0.25) is 14.2 Å². The Bertz CT molecular complexity index is 1050. The molecule has 0 atom stereocenters. The number of hydrogen-bond acceptors (Lipinski definition) is 5. The molecule has 1 heterocycles. The number of aryl methyl sites for hydroxylation is 1. The van der Waals surface area contributed by atoms with E-state index >= 15 is 0 Å². The second-order valence-corrected chi connectivity index (χ2v) is 8.36. The van der Waals surface area contributed by atoms with Crippen LogP contribution in [0.25, 0.3) is 11.4 Å². The fourth-order valence-corrected chi connectivity index (χ4v) is 3.24. The maximum Gasteiger partial charge on any atom is 0.326 e. The zero-order chi connectivity index (χ0) is 22.3. The lowest BCUT2D eigenvalue weighted by molar-refractivity contribution is -0.155. The van der Waals surface area contributed by atoms with Crippen LogP contribution >= 0.6 is 0 Å². The number of carbonyl (C=O) groups excluding carboxylic acids is 1. The van der Waals surface area contributed by atoms with Crippen molar-refractivity contribution < 1.29 is 9.53 Å². The first kappa shape index (κ1) is 22.3. The largest absolute Gasteiger partial charge is 0.459 e. The van der Waals surface area contributed by atoms with Gasteiger partial charge in [-0.25, -0.2) is 4.98 Å². The summed E-state index contributed by atoms with van der Waals surface area (Å²) in [5, 5.41) is 3.18. The molecule has 0 saturated carbocycles. The van der Waals surface area contributed by atoms with Gasteiger partial charge in [0.15, 0.2) is 0 Å². The fraction of sp³-hybridized carbons (Fsp3) is 0.320. The molecule has 0 radical (unpaired) electrons. The van der Waals surface area contributed by atoms with Crippen LogP contribution in [-0.4, -0.2) is 27.7 Å². The lowest BCUT2D eigenvalue weighted by atomic mass is 10.1. The van der Waals surface area contributed by atoms with Gasteiger partial charge in [0.05, 0.1) is 6.20 Å². The molecule has 0 aliphatic heterocycles. The molecule has 3 rings (SSSR count). The minimum absolute atomic E-state index is 0.202. The summed E-state index contributed by atoms with van der Waals surface area (Å²) >= 11 is 0. The molecule has 0 aliphatic rings. The minimum atomic E-state index is -0.631. The second kappa shape index (κ2) is 10.1. The molecule has 6 heteroatoms. The summed E-state index contributed by atoms with van der Waals surface area (Å²) in [6, 6.07) is 19.6. The Morgan fingerprint density at radius 3 is 2.32 bits per heavy atom. The predicted octanol–water partition coefficient (Wildman–Crippen LogP) is 4.30. The summed E-state index contributed by atoms with van der Waals surface area (Å²) in [6.45, 7) is 5.83. The normalized spacial score (nSPS) is 11.2. The number of carbonyl (C=O) groups is 1. The van der Waals surface area contributed by atoms with E-state index in [0.717, 1.165) is 18.4 Å². The zero-order valence-corrected chi connectivity index (χ0v) is 18.3. The summed E-state index contributed by atoms with van der Waals surface area (Å²) in [4.78, 5) is 30.1. The van der Waals surface area contributed by atoms with E-state index in [9.17, 15) is 9.59 Å².